The summed E-state index contributed by atoms with van der Waals surface area (Å²) in [4.78, 5) is 12.4. The molecule has 0 aromatic heterocycles. The zero-order chi connectivity index (χ0) is 24.1. The molecule has 0 bridgehead atoms. The number of amides is 1. The topological polar surface area (TPSA) is 113 Å². The molecule has 0 aliphatic carbocycles. The molecule has 180 valence electrons. The Balaban J connectivity index is 1.59. The quantitative estimate of drug-likeness (QED) is 0.554. The lowest BCUT2D eigenvalue weighted by molar-refractivity contribution is -0.121. The molecule has 0 unspecified atom stereocenters. The molecule has 9 nitrogen and oxygen atoms in total. The van der Waals surface area contributed by atoms with E-state index in [-0.39, 0.29) is 22.9 Å². The number of hydrogen-bond acceptors (Lipinski definition) is 6. The molecule has 2 aromatic rings. The second kappa shape index (κ2) is 10.7. The molecule has 2 aromatic carbocycles. The van der Waals surface area contributed by atoms with Gasteiger partial charge in [0.1, 0.15) is 5.82 Å². The minimum absolute atomic E-state index is 0.0568. The molecular formula is C21H26FN3O6S2. The number of sulfonamides is 2. The van der Waals surface area contributed by atoms with Crippen LogP contribution in [0.4, 0.5) is 4.39 Å². The van der Waals surface area contributed by atoms with Gasteiger partial charge in [0.15, 0.2) is 0 Å². The van der Waals surface area contributed by atoms with Gasteiger partial charge in [-0.25, -0.2) is 21.2 Å². The maximum Gasteiger partial charge on any atom is 0.243 e. The van der Waals surface area contributed by atoms with Crippen molar-refractivity contribution in [1.82, 2.24) is 13.9 Å². The number of nitrogens with zero attached hydrogens (tertiary/aromatic N) is 2. The Labute approximate surface area is 193 Å². The molecule has 0 saturated carbocycles. The number of likely N-dealkylation sites (N-methyl/N-ethyl adjacent to an activating group) is 1. The highest BCUT2D eigenvalue weighted by Gasteiger charge is 2.27. The zero-order valence-electron chi connectivity index (χ0n) is 18.1. The summed E-state index contributed by atoms with van der Waals surface area (Å²) < 4.78 is 71.4. The second-order valence-electron chi connectivity index (χ2n) is 7.32. The zero-order valence-corrected chi connectivity index (χ0v) is 19.7. The van der Waals surface area contributed by atoms with E-state index in [0.717, 1.165) is 28.6 Å². The Morgan fingerprint density at radius 2 is 1.58 bits per heavy atom. The van der Waals surface area contributed by atoms with Crippen LogP contribution in [0.25, 0.3) is 0 Å². The summed E-state index contributed by atoms with van der Waals surface area (Å²) in [5, 5.41) is 2.64. The number of benzene rings is 2. The fourth-order valence-electron chi connectivity index (χ4n) is 3.25. The van der Waals surface area contributed by atoms with Gasteiger partial charge in [-0.2, -0.15) is 8.61 Å². The van der Waals surface area contributed by atoms with Crippen LogP contribution in [0, 0.1) is 5.82 Å². The Morgan fingerprint density at radius 1 is 1.00 bits per heavy atom. The van der Waals surface area contributed by atoms with Crippen molar-refractivity contribution < 1.29 is 30.8 Å². The van der Waals surface area contributed by atoms with Gasteiger partial charge in [0, 0.05) is 26.2 Å². The second-order valence-corrected chi connectivity index (χ2v) is 11.2. The maximum atomic E-state index is 13.1. The molecule has 12 heteroatoms. The summed E-state index contributed by atoms with van der Waals surface area (Å²) in [5.74, 6) is -1.08. The lowest BCUT2D eigenvalue weighted by atomic mass is 10.2. The number of carbonyl (C=O) groups excluding carboxylic acids is 1. The molecule has 1 saturated heterocycles. The standard InChI is InChI=1S/C21H26FN3O6S2/c1-2-24(32(27,28)20-9-5-18(22)6-10-20)16-21(26)23-15-17-3-7-19(8-4-17)33(29,30)25-11-13-31-14-12-25/h3-10H,2,11-16H2,1H3,(H,23,26). The fraction of sp³-hybridized carbons (Fsp3) is 0.381. The van der Waals surface area contributed by atoms with Crippen LogP contribution in [-0.2, 0) is 36.1 Å². The van der Waals surface area contributed by atoms with Crippen molar-refractivity contribution >= 4 is 26.0 Å². The van der Waals surface area contributed by atoms with Gasteiger partial charge in [-0.05, 0) is 42.0 Å². The van der Waals surface area contributed by atoms with Crippen molar-refractivity contribution in [3.05, 3.63) is 59.9 Å². The molecule has 1 aliphatic heterocycles. The van der Waals surface area contributed by atoms with Gasteiger partial charge in [0.2, 0.25) is 26.0 Å². The minimum atomic E-state index is -3.95. The van der Waals surface area contributed by atoms with Gasteiger partial charge in [0.05, 0.1) is 29.5 Å². The molecule has 1 fully saturated rings. The highest BCUT2D eigenvalue weighted by molar-refractivity contribution is 7.89. The molecule has 1 N–H and O–H groups in total. The minimum Gasteiger partial charge on any atom is -0.379 e. The van der Waals surface area contributed by atoms with Crippen LogP contribution in [0.1, 0.15) is 12.5 Å². The number of ether oxygens (including phenoxy) is 1. The van der Waals surface area contributed by atoms with Crippen molar-refractivity contribution in [2.75, 3.05) is 39.4 Å². The van der Waals surface area contributed by atoms with Gasteiger partial charge in [0.25, 0.3) is 0 Å². The van der Waals surface area contributed by atoms with Crippen molar-refractivity contribution in [3.8, 4) is 0 Å². The van der Waals surface area contributed by atoms with Crippen molar-refractivity contribution in [2.24, 2.45) is 0 Å². The number of rotatable bonds is 9. The number of hydrogen-bond donors (Lipinski definition) is 1. The van der Waals surface area contributed by atoms with Crippen LogP contribution < -0.4 is 5.32 Å². The Bertz CT molecular complexity index is 1160. The van der Waals surface area contributed by atoms with Gasteiger partial charge in [-0.1, -0.05) is 19.1 Å². The highest BCUT2D eigenvalue weighted by atomic mass is 32.2. The summed E-state index contributed by atoms with van der Waals surface area (Å²) in [5.41, 5.74) is 0.661. The summed E-state index contributed by atoms with van der Waals surface area (Å²) >= 11 is 0. The number of carbonyl (C=O) groups is 1. The number of nitrogens with one attached hydrogen (secondary N) is 1. The van der Waals surface area contributed by atoms with Gasteiger partial charge in [-0.15, -0.1) is 0 Å². The molecule has 1 aliphatic rings. The Morgan fingerprint density at radius 3 is 2.15 bits per heavy atom. The molecule has 0 radical (unpaired) electrons. The lowest BCUT2D eigenvalue weighted by Crippen LogP contribution is -2.40. The molecular weight excluding hydrogens is 473 g/mol. The highest BCUT2D eigenvalue weighted by Crippen LogP contribution is 2.18. The van der Waals surface area contributed by atoms with Gasteiger partial charge >= 0.3 is 0 Å². The Kier molecular flexibility index (Phi) is 8.19. The van der Waals surface area contributed by atoms with Crippen LogP contribution >= 0.6 is 0 Å². The lowest BCUT2D eigenvalue weighted by Gasteiger charge is -2.26. The van der Waals surface area contributed by atoms with Crippen LogP contribution in [-0.4, -0.2) is 70.7 Å². The summed E-state index contributed by atoms with van der Waals surface area (Å²) in [6.07, 6.45) is 0. The first-order valence-electron chi connectivity index (χ1n) is 10.3. The predicted molar refractivity (Wildman–Crippen MR) is 119 cm³/mol. The van der Waals surface area contributed by atoms with Crippen LogP contribution in [0.5, 0.6) is 0 Å². The first-order valence-corrected chi connectivity index (χ1v) is 13.2. The van der Waals surface area contributed by atoms with E-state index < -0.39 is 38.3 Å². The van der Waals surface area contributed by atoms with E-state index in [0.29, 0.717) is 31.9 Å². The van der Waals surface area contributed by atoms with Gasteiger partial charge in [-0.3, -0.25) is 4.79 Å². The SMILES string of the molecule is CCN(CC(=O)NCc1ccc(S(=O)(=O)N2CCOCC2)cc1)S(=O)(=O)c1ccc(F)cc1. The molecule has 1 amide bonds. The van der Waals surface area contributed by atoms with Crippen molar-refractivity contribution in [1.29, 1.82) is 0 Å². The van der Waals surface area contributed by atoms with E-state index in [2.05, 4.69) is 5.32 Å². The molecule has 0 atom stereocenters. The molecule has 33 heavy (non-hydrogen) atoms. The van der Waals surface area contributed by atoms with Crippen molar-refractivity contribution in [3.63, 3.8) is 0 Å². The largest absolute Gasteiger partial charge is 0.379 e. The maximum absolute atomic E-state index is 13.1. The van der Waals surface area contributed by atoms with E-state index in [9.17, 15) is 26.0 Å². The third-order valence-corrected chi connectivity index (χ3v) is 8.99. The smallest absolute Gasteiger partial charge is 0.243 e. The van der Waals surface area contributed by atoms with Crippen LogP contribution in [0.2, 0.25) is 0 Å². The number of morpholine rings is 1. The third kappa shape index (κ3) is 6.15. The Hall–Kier alpha value is -2.38. The van der Waals surface area contributed by atoms with Gasteiger partial charge < -0.3 is 10.1 Å². The molecule has 0 spiro atoms. The van der Waals surface area contributed by atoms with Crippen LogP contribution in [0.3, 0.4) is 0 Å². The first kappa shape index (κ1) is 25.2. The van der Waals surface area contributed by atoms with E-state index in [4.69, 9.17) is 4.74 Å². The normalized spacial score (nSPS) is 15.5. The van der Waals surface area contributed by atoms with E-state index in [1.807, 2.05) is 0 Å². The number of halogens is 1. The van der Waals surface area contributed by atoms with E-state index >= 15 is 0 Å². The molecule has 1 heterocycles. The fourth-order valence-corrected chi connectivity index (χ4v) is 6.07. The van der Waals surface area contributed by atoms with E-state index in [1.165, 1.54) is 16.4 Å². The average molecular weight is 500 g/mol. The third-order valence-electron chi connectivity index (χ3n) is 5.14. The van der Waals surface area contributed by atoms with Crippen LogP contribution in [0.15, 0.2) is 58.3 Å². The first-order chi connectivity index (χ1) is 15.6. The molecule has 3 rings (SSSR count). The monoisotopic (exact) mass is 499 g/mol. The van der Waals surface area contributed by atoms with E-state index in [1.54, 1.807) is 19.1 Å². The van der Waals surface area contributed by atoms with Crippen molar-refractivity contribution in [2.45, 2.75) is 23.3 Å². The summed E-state index contributed by atoms with van der Waals surface area (Å²) in [6, 6.07) is 10.5. The average Bonchev–Trinajstić information content (AvgIpc) is 2.82. The summed E-state index contributed by atoms with van der Waals surface area (Å²) in [7, 11) is -7.56. The predicted octanol–water partition coefficient (Wildman–Crippen LogP) is 1.17. The summed E-state index contributed by atoms with van der Waals surface area (Å²) in [6.45, 7) is 2.67.